The van der Waals surface area contributed by atoms with Crippen molar-refractivity contribution in [2.45, 2.75) is 35.5 Å². The molecule has 0 fully saturated rings. The molecule has 8 nitrogen and oxygen atoms in total. The third kappa shape index (κ3) is 8.29. The number of rotatable bonds is 15. The van der Waals surface area contributed by atoms with Gasteiger partial charge in [0.2, 0.25) is 10.0 Å². The molecule has 0 aliphatic rings. The number of unbranched alkanes of at least 4 members (excludes halogenated alkanes) is 1. The average molecular weight is 457 g/mol. The average Bonchev–Trinajstić information content (AvgIpc) is 2.73. The van der Waals surface area contributed by atoms with Crippen molar-refractivity contribution in [2.75, 3.05) is 39.3 Å². The first-order valence-corrected chi connectivity index (χ1v) is 12.9. The van der Waals surface area contributed by atoms with Gasteiger partial charge in [-0.15, -0.1) is 0 Å². The Bertz CT molecular complexity index is 970. The third-order valence-corrected chi connectivity index (χ3v) is 6.81. The normalized spacial score (nSPS) is 12.1. The Balaban J connectivity index is 1.69. The number of hydrogen-bond acceptors (Lipinski definition) is 7. The second-order valence-corrected chi connectivity index (χ2v) is 9.85. The van der Waals surface area contributed by atoms with Crippen LogP contribution in [-0.2, 0) is 20.7 Å². The summed E-state index contributed by atoms with van der Waals surface area (Å²) in [6.07, 6.45) is 3.86. The minimum absolute atomic E-state index is 0.171. The number of nitrogens with two attached hydrogens (primary N) is 1. The Kier molecular flexibility index (Phi) is 10.7. The Morgan fingerprint density at radius 1 is 0.767 bits per heavy atom. The van der Waals surface area contributed by atoms with Crippen molar-refractivity contribution in [1.82, 2.24) is 15.4 Å². The summed E-state index contributed by atoms with van der Waals surface area (Å²) in [5, 5.41) is 8.02. The van der Waals surface area contributed by atoms with Crippen LogP contribution in [0.15, 0.2) is 46.2 Å². The van der Waals surface area contributed by atoms with E-state index in [-0.39, 0.29) is 9.79 Å². The van der Waals surface area contributed by atoms with Crippen LogP contribution in [0.5, 0.6) is 0 Å². The molecule has 30 heavy (non-hydrogen) atoms. The molecule has 168 valence electrons. The summed E-state index contributed by atoms with van der Waals surface area (Å²) in [4.78, 5) is 0.381. The van der Waals surface area contributed by atoms with E-state index in [1.54, 1.807) is 18.2 Å². The summed E-state index contributed by atoms with van der Waals surface area (Å²) in [5.74, 6) is 0. The van der Waals surface area contributed by atoms with Gasteiger partial charge in [0.05, 0.1) is 9.79 Å². The molecule has 0 unspecified atom stereocenters. The quantitative estimate of drug-likeness (QED) is 0.198. The minimum atomic E-state index is -3.61. The highest BCUT2D eigenvalue weighted by Gasteiger charge is 2.14. The Morgan fingerprint density at radius 2 is 1.37 bits per heavy atom. The van der Waals surface area contributed by atoms with Gasteiger partial charge in [-0.1, -0.05) is 12.1 Å². The molecular formula is C20H32N4O4S2. The van der Waals surface area contributed by atoms with E-state index in [4.69, 9.17) is 5.73 Å². The van der Waals surface area contributed by atoms with Crippen molar-refractivity contribution >= 4 is 31.5 Å². The molecule has 0 aliphatic carbocycles. The van der Waals surface area contributed by atoms with Gasteiger partial charge >= 0.3 is 0 Å². The standard InChI is InChI=1S/C20H32N4O4S2/c21-9-3-12-22-10-1-2-11-23-13-4-14-24-30(27,28)20-8-6-17-15-19(29(25)26)7-5-18(17)16-20/h5-8,15-16,22-24,29H,1-4,9-14,21H2. The topological polar surface area (TPSA) is 130 Å². The highest BCUT2D eigenvalue weighted by atomic mass is 32.2. The maximum atomic E-state index is 12.5. The predicted octanol–water partition coefficient (Wildman–Crippen LogP) is 0.787. The van der Waals surface area contributed by atoms with E-state index < -0.39 is 20.7 Å². The van der Waals surface area contributed by atoms with Gasteiger partial charge in [-0.3, -0.25) is 0 Å². The van der Waals surface area contributed by atoms with Crippen molar-refractivity contribution in [3.63, 3.8) is 0 Å². The molecule has 0 atom stereocenters. The fraction of sp³-hybridized carbons (Fsp3) is 0.500. The van der Waals surface area contributed by atoms with Crippen molar-refractivity contribution in [3.8, 4) is 0 Å². The molecule has 2 aromatic carbocycles. The van der Waals surface area contributed by atoms with Crippen LogP contribution in [0.1, 0.15) is 25.7 Å². The van der Waals surface area contributed by atoms with E-state index in [9.17, 15) is 16.8 Å². The summed E-state index contributed by atoms with van der Waals surface area (Å²) in [6.45, 7) is 4.67. The molecule has 0 heterocycles. The van der Waals surface area contributed by atoms with Gasteiger partial charge in [0, 0.05) is 6.54 Å². The highest BCUT2D eigenvalue weighted by Crippen LogP contribution is 2.21. The number of benzene rings is 2. The lowest BCUT2D eigenvalue weighted by atomic mass is 10.1. The lowest BCUT2D eigenvalue weighted by Gasteiger charge is -2.09. The largest absolute Gasteiger partial charge is 0.330 e. The van der Waals surface area contributed by atoms with E-state index in [1.807, 2.05) is 0 Å². The highest BCUT2D eigenvalue weighted by molar-refractivity contribution is 7.89. The fourth-order valence-corrected chi connectivity index (χ4v) is 4.52. The van der Waals surface area contributed by atoms with Crippen LogP contribution >= 0.6 is 0 Å². The van der Waals surface area contributed by atoms with Crippen molar-refractivity contribution in [2.24, 2.45) is 5.73 Å². The maximum absolute atomic E-state index is 12.5. The molecule has 0 radical (unpaired) electrons. The smallest absolute Gasteiger partial charge is 0.240 e. The van der Waals surface area contributed by atoms with Crippen molar-refractivity contribution in [3.05, 3.63) is 36.4 Å². The lowest BCUT2D eigenvalue weighted by molar-refractivity contribution is 0.558. The second kappa shape index (κ2) is 13.0. The van der Waals surface area contributed by atoms with Gasteiger partial charge in [0.15, 0.2) is 10.7 Å². The minimum Gasteiger partial charge on any atom is -0.330 e. The SMILES string of the molecule is NCCCNCCCCNCCCNS(=O)(=O)c1ccc2cc([SH](=O)=O)ccc2c1. The van der Waals surface area contributed by atoms with Crippen LogP contribution in [0.25, 0.3) is 10.8 Å². The van der Waals surface area contributed by atoms with Gasteiger partial charge in [-0.2, -0.15) is 0 Å². The zero-order chi connectivity index (χ0) is 21.8. The van der Waals surface area contributed by atoms with Crippen LogP contribution in [0.3, 0.4) is 0 Å². The van der Waals surface area contributed by atoms with Gasteiger partial charge in [-0.05, 0) is 93.4 Å². The second-order valence-electron chi connectivity index (χ2n) is 7.05. The summed E-state index contributed by atoms with van der Waals surface area (Å²) >= 11 is 0. The van der Waals surface area contributed by atoms with Gasteiger partial charge in [0.25, 0.3) is 0 Å². The van der Waals surface area contributed by atoms with Gasteiger partial charge < -0.3 is 16.4 Å². The first kappa shape index (κ1) is 24.7. The number of fused-ring (bicyclic) bond motifs is 1. The summed E-state index contributed by atoms with van der Waals surface area (Å²) in [6, 6.07) is 9.29. The first-order valence-electron chi connectivity index (χ1n) is 10.2. The summed E-state index contributed by atoms with van der Waals surface area (Å²) in [5.41, 5.74) is 5.43. The number of hydrogen-bond donors (Lipinski definition) is 5. The predicted molar refractivity (Wildman–Crippen MR) is 121 cm³/mol. The molecule has 0 spiro atoms. The van der Waals surface area contributed by atoms with Crippen LogP contribution in [-0.4, -0.2) is 56.1 Å². The molecule has 0 amide bonds. The van der Waals surface area contributed by atoms with Crippen LogP contribution in [0.4, 0.5) is 0 Å². The molecule has 0 aromatic heterocycles. The number of nitrogens with one attached hydrogen (secondary N) is 3. The Labute approximate surface area is 180 Å². The van der Waals surface area contributed by atoms with Gasteiger partial charge in [0.1, 0.15) is 0 Å². The fourth-order valence-electron chi connectivity index (χ4n) is 2.97. The zero-order valence-electron chi connectivity index (χ0n) is 17.1. The van der Waals surface area contributed by atoms with Crippen molar-refractivity contribution in [1.29, 1.82) is 0 Å². The molecule has 5 N–H and O–H groups in total. The Hall–Kier alpha value is -1.56. The molecule has 0 aliphatic heterocycles. The van der Waals surface area contributed by atoms with E-state index in [0.717, 1.165) is 45.4 Å². The van der Waals surface area contributed by atoms with Gasteiger partial charge in [-0.25, -0.2) is 21.6 Å². The molecule has 0 saturated carbocycles. The molecule has 10 heteroatoms. The monoisotopic (exact) mass is 456 g/mol. The molecule has 0 bridgehead atoms. The van der Waals surface area contributed by atoms with E-state index >= 15 is 0 Å². The van der Waals surface area contributed by atoms with E-state index in [2.05, 4.69) is 15.4 Å². The summed E-state index contributed by atoms with van der Waals surface area (Å²) in [7, 11) is -6.27. The Morgan fingerprint density at radius 3 is 2.03 bits per heavy atom. The lowest BCUT2D eigenvalue weighted by Crippen LogP contribution is -2.28. The molecular weight excluding hydrogens is 424 g/mol. The van der Waals surface area contributed by atoms with Crippen LogP contribution in [0.2, 0.25) is 0 Å². The van der Waals surface area contributed by atoms with Crippen molar-refractivity contribution < 1.29 is 16.8 Å². The zero-order valence-corrected chi connectivity index (χ0v) is 18.8. The third-order valence-electron chi connectivity index (χ3n) is 4.65. The van der Waals surface area contributed by atoms with E-state index in [1.165, 1.54) is 18.2 Å². The number of thiol groups is 1. The van der Waals surface area contributed by atoms with Crippen LogP contribution < -0.4 is 21.1 Å². The molecule has 2 rings (SSSR count). The number of sulfonamides is 1. The molecule has 2 aromatic rings. The first-order chi connectivity index (χ1) is 14.4. The maximum Gasteiger partial charge on any atom is 0.240 e. The van der Waals surface area contributed by atoms with E-state index in [0.29, 0.717) is 30.3 Å². The van der Waals surface area contributed by atoms with Crippen LogP contribution in [0, 0.1) is 0 Å². The molecule has 0 saturated heterocycles. The summed E-state index contributed by atoms with van der Waals surface area (Å²) < 4.78 is 49.8.